The fourth-order valence-electron chi connectivity index (χ4n) is 3.90. The Morgan fingerprint density at radius 1 is 1.14 bits per heavy atom. The second-order valence-electron chi connectivity index (χ2n) is 7.93. The van der Waals surface area contributed by atoms with Crippen LogP contribution in [0, 0.1) is 13.8 Å². The summed E-state index contributed by atoms with van der Waals surface area (Å²) in [5, 5.41) is 12.0. The van der Waals surface area contributed by atoms with E-state index < -0.39 is 0 Å². The van der Waals surface area contributed by atoms with E-state index in [1.165, 1.54) is 0 Å². The first-order valence-electron chi connectivity index (χ1n) is 10.1. The minimum absolute atomic E-state index is 0.114. The van der Waals surface area contributed by atoms with Crippen molar-refractivity contribution in [3.63, 3.8) is 0 Å². The molecule has 0 atom stereocenters. The van der Waals surface area contributed by atoms with Crippen LogP contribution in [0.25, 0.3) is 0 Å². The lowest BCUT2D eigenvalue weighted by Gasteiger charge is -2.30. The van der Waals surface area contributed by atoms with Crippen molar-refractivity contribution in [2.75, 3.05) is 25.5 Å². The monoisotopic (exact) mass is 392 g/mol. The van der Waals surface area contributed by atoms with Gasteiger partial charge in [0.15, 0.2) is 0 Å². The van der Waals surface area contributed by atoms with E-state index in [9.17, 15) is 4.79 Å². The first-order valence-corrected chi connectivity index (χ1v) is 10.1. The maximum absolute atomic E-state index is 12.7. The predicted octanol–water partition coefficient (Wildman–Crippen LogP) is 3.26. The van der Waals surface area contributed by atoms with Crippen molar-refractivity contribution in [3.05, 3.63) is 65.1 Å². The molecule has 3 heterocycles. The molecule has 0 radical (unpaired) electrons. The third kappa shape index (κ3) is 4.40. The standard InChI is InChI=1S/C22H28N6O/c1-16-14-17(2)27(25-16)15-18-4-6-19(7-5-18)22(29)24-21-8-11-23-28(21)20-9-12-26(3)13-10-20/h4-8,11,14,20H,9-10,12-13,15H2,1-3H3,(H,24,29). The second-order valence-corrected chi connectivity index (χ2v) is 7.93. The van der Waals surface area contributed by atoms with Crippen LogP contribution in [0.2, 0.25) is 0 Å². The largest absolute Gasteiger partial charge is 0.307 e. The van der Waals surface area contributed by atoms with Gasteiger partial charge in [-0.1, -0.05) is 12.1 Å². The van der Waals surface area contributed by atoms with Crippen LogP contribution in [-0.2, 0) is 6.54 Å². The van der Waals surface area contributed by atoms with Gasteiger partial charge in [0.05, 0.1) is 24.5 Å². The summed E-state index contributed by atoms with van der Waals surface area (Å²) in [6.45, 7) is 6.84. The van der Waals surface area contributed by atoms with Crippen LogP contribution in [0.5, 0.6) is 0 Å². The van der Waals surface area contributed by atoms with E-state index in [0.29, 0.717) is 18.2 Å². The van der Waals surface area contributed by atoms with Gasteiger partial charge in [0.25, 0.3) is 5.91 Å². The van der Waals surface area contributed by atoms with Crippen LogP contribution in [0.15, 0.2) is 42.6 Å². The van der Waals surface area contributed by atoms with Gasteiger partial charge >= 0.3 is 0 Å². The van der Waals surface area contributed by atoms with Crippen molar-refractivity contribution in [1.29, 1.82) is 0 Å². The summed E-state index contributed by atoms with van der Waals surface area (Å²) in [4.78, 5) is 15.1. The highest BCUT2D eigenvalue weighted by molar-refractivity contribution is 6.03. The minimum Gasteiger partial charge on any atom is -0.307 e. The maximum atomic E-state index is 12.7. The molecule has 0 bridgehead atoms. The van der Waals surface area contributed by atoms with Gasteiger partial charge < -0.3 is 10.2 Å². The molecule has 4 rings (SSSR count). The van der Waals surface area contributed by atoms with Gasteiger partial charge in [-0.15, -0.1) is 0 Å². The smallest absolute Gasteiger partial charge is 0.256 e. The van der Waals surface area contributed by atoms with Crippen LogP contribution in [0.1, 0.15) is 46.2 Å². The number of nitrogens with one attached hydrogen (secondary N) is 1. The van der Waals surface area contributed by atoms with Crippen molar-refractivity contribution in [3.8, 4) is 0 Å². The fraction of sp³-hybridized carbons (Fsp3) is 0.409. The van der Waals surface area contributed by atoms with Crippen molar-refractivity contribution in [2.45, 2.75) is 39.3 Å². The van der Waals surface area contributed by atoms with Gasteiger partial charge in [-0.3, -0.25) is 9.48 Å². The molecule has 1 saturated heterocycles. The molecule has 0 unspecified atom stereocenters. The molecule has 1 amide bonds. The van der Waals surface area contributed by atoms with Crippen LogP contribution in [-0.4, -0.2) is 50.5 Å². The Morgan fingerprint density at radius 3 is 2.52 bits per heavy atom. The van der Waals surface area contributed by atoms with E-state index in [0.717, 1.165) is 48.7 Å². The molecule has 29 heavy (non-hydrogen) atoms. The van der Waals surface area contributed by atoms with Crippen LogP contribution < -0.4 is 5.32 Å². The number of amides is 1. The molecule has 0 aliphatic carbocycles. The fourth-order valence-corrected chi connectivity index (χ4v) is 3.90. The van der Waals surface area contributed by atoms with E-state index in [-0.39, 0.29) is 5.91 Å². The van der Waals surface area contributed by atoms with Crippen LogP contribution in [0.3, 0.4) is 0 Å². The van der Waals surface area contributed by atoms with E-state index in [2.05, 4.69) is 40.5 Å². The number of rotatable bonds is 5. The molecule has 1 aromatic carbocycles. The first-order chi connectivity index (χ1) is 14.0. The SMILES string of the molecule is Cc1cc(C)n(Cc2ccc(C(=O)Nc3ccnn3C3CCN(C)CC3)cc2)n1. The van der Waals surface area contributed by atoms with Gasteiger partial charge in [0.1, 0.15) is 5.82 Å². The summed E-state index contributed by atoms with van der Waals surface area (Å²) in [5.41, 5.74) is 3.90. The molecular weight excluding hydrogens is 364 g/mol. The predicted molar refractivity (Wildman–Crippen MR) is 113 cm³/mol. The second kappa shape index (κ2) is 8.21. The number of carbonyl (C=O) groups is 1. The topological polar surface area (TPSA) is 68.0 Å². The Balaban J connectivity index is 1.42. The number of carbonyl (C=O) groups excluding carboxylic acids is 1. The number of benzene rings is 1. The molecule has 0 spiro atoms. The number of aromatic nitrogens is 4. The lowest BCUT2D eigenvalue weighted by Crippen LogP contribution is -2.32. The van der Waals surface area contributed by atoms with Crippen molar-refractivity contribution < 1.29 is 4.79 Å². The number of aryl methyl sites for hydroxylation is 2. The Labute approximate surface area is 171 Å². The summed E-state index contributed by atoms with van der Waals surface area (Å²) >= 11 is 0. The van der Waals surface area contributed by atoms with Crippen molar-refractivity contribution in [1.82, 2.24) is 24.5 Å². The molecule has 1 N–H and O–H groups in total. The lowest BCUT2D eigenvalue weighted by molar-refractivity contribution is 0.102. The molecule has 3 aromatic rings. The Bertz CT molecular complexity index is 979. The van der Waals surface area contributed by atoms with Gasteiger partial charge in [0, 0.05) is 17.3 Å². The minimum atomic E-state index is -0.114. The molecule has 1 fully saturated rings. The molecule has 1 aliphatic heterocycles. The summed E-state index contributed by atoms with van der Waals surface area (Å²) in [6.07, 6.45) is 3.84. The zero-order valence-electron chi connectivity index (χ0n) is 17.3. The number of nitrogens with zero attached hydrogens (tertiary/aromatic N) is 5. The maximum Gasteiger partial charge on any atom is 0.256 e. The first kappa shape index (κ1) is 19.4. The highest BCUT2D eigenvalue weighted by Gasteiger charge is 2.21. The zero-order valence-corrected chi connectivity index (χ0v) is 17.3. The van der Waals surface area contributed by atoms with E-state index in [1.807, 2.05) is 46.6 Å². The van der Waals surface area contributed by atoms with E-state index in [1.54, 1.807) is 6.20 Å². The normalized spacial score (nSPS) is 15.6. The molecule has 2 aromatic heterocycles. The molecule has 152 valence electrons. The average molecular weight is 393 g/mol. The lowest BCUT2D eigenvalue weighted by atomic mass is 10.1. The van der Waals surface area contributed by atoms with Crippen LogP contribution in [0.4, 0.5) is 5.82 Å². The van der Waals surface area contributed by atoms with Gasteiger partial charge in [-0.25, -0.2) is 4.68 Å². The van der Waals surface area contributed by atoms with Gasteiger partial charge in [0.2, 0.25) is 0 Å². The van der Waals surface area contributed by atoms with Crippen molar-refractivity contribution in [2.24, 2.45) is 0 Å². The molecule has 7 heteroatoms. The average Bonchev–Trinajstić information content (AvgIpc) is 3.29. The zero-order chi connectivity index (χ0) is 20.4. The van der Waals surface area contributed by atoms with Crippen LogP contribution >= 0.6 is 0 Å². The third-order valence-electron chi connectivity index (χ3n) is 5.60. The number of piperidine rings is 1. The van der Waals surface area contributed by atoms with Gasteiger partial charge in [-0.05, 0) is 70.6 Å². The van der Waals surface area contributed by atoms with Gasteiger partial charge in [-0.2, -0.15) is 10.2 Å². The number of anilines is 1. The highest BCUT2D eigenvalue weighted by Crippen LogP contribution is 2.25. The Hall–Kier alpha value is -2.93. The Morgan fingerprint density at radius 2 is 1.86 bits per heavy atom. The summed E-state index contributed by atoms with van der Waals surface area (Å²) in [5.74, 6) is 0.647. The number of likely N-dealkylation sites (tertiary alicyclic amines) is 1. The molecule has 7 nitrogen and oxygen atoms in total. The molecule has 0 saturated carbocycles. The molecular formula is C22H28N6O. The Kier molecular flexibility index (Phi) is 5.49. The van der Waals surface area contributed by atoms with E-state index >= 15 is 0 Å². The summed E-state index contributed by atoms with van der Waals surface area (Å²) in [6, 6.07) is 12.0. The summed E-state index contributed by atoms with van der Waals surface area (Å²) < 4.78 is 3.94. The van der Waals surface area contributed by atoms with E-state index in [4.69, 9.17) is 0 Å². The number of hydrogen-bond donors (Lipinski definition) is 1. The summed E-state index contributed by atoms with van der Waals surface area (Å²) in [7, 11) is 2.14. The third-order valence-corrected chi connectivity index (χ3v) is 5.60. The highest BCUT2D eigenvalue weighted by atomic mass is 16.1. The molecule has 1 aliphatic rings. The van der Waals surface area contributed by atoms with Crippen molar-refractivity contribution >= 4 is 11.7 Å². The quantitative estimate of drug-likeness (QED) is 0.724. The number of hydrogen-bond acceptors (Lipinski definition) is 4.